The lowest BCUT2D eigenvalue weighted by atomic mass is 10.0. The molecule has 104 valence electrons. The second-order valence-electron chi connectivity index (χ2n) is 5.82. The Hall–Kier alpha value is -0.450. The fourth-order valence-electron chi connectivity index (χ4n) is 3.77. The van der Waals surface area contributed by atoms with Crippen LogP contribution in [-0.2, 0) is 0 Å². The number of rotatable bonds is 3. The monoisotopic (exact) mass is 326 g/mol. The summed E-state index contributed by atoms with van der Waals surface area (Å²) >= 11 is 3.53. The Balaban J connectivity index is 1.83. The van der Waals surface area contributed by atoms with Crippen molar-refractivity contribution in [3.05, 3.63) is 34.1 Å². The van der Waals surface area contributed by atoms with Crippen LogP contribution < -0.4 is 5.73 Å². The molecule has 1 aromatic carbocycles. The topological polar surface area (TPSA) is 29.3 Å². The molecule has 2 nitrogen and oxygen atoms in total. The van der Waals surface area contributed by atoms with Crippen LogP contribution in [0.25, 0.3) is 0 Å². The van der Waals surface area contributed by atoms with Gasteiger partial charge < -0.3 is 5.73 Å². The third-order valence-corrected chi connectivity index (χ3v) is 5.46. The highest BCUT2D eigenvalue weighted by Crippen LogP contribution is 2.41. The Morgan fingerprint density at radius 2 is 2.00 bits per heavy atom. The van der Waals surface area contributed by atoms with Gasteiger partial charge in [-0.05, 0) is 48.4 Å². The zero-order valence-electron chi connectivity index (χ0n) is 11.0. The third-order valence-electron chi connectivity index (χ3n) is 4.74. The summed E-state index contributed by atoms with van der Waals surface area (Å²) in [4.78, 5) is 2.45. The van der Waals surface area contributed by atoms with E-state index in [1.54, 1.807) is 12.1 Å². The van der Waals surface area contributed by atoms with Crippen LogP contribution in [0.2, 0.25) is 0 Å². The molecule has 0 spiro atoms. The molecule has 1 aliphatic carbocycles. The molecule has 1 heterocycles. The minimum Gasteiger partial charge on any atom is -0.329 e. The summed E-state index contributed by atoms with van der Waals surface area (Å²) in [6.07, 6.45) is 4.08. The number of likely N-dealkylation sites (tertiary alicyclic amines) is 1. The van der Waals surface area contributed by atoms with Crippen molar-refractivity contribution in [2.75, 3.05) is 19.6 Å². The van der Waals surface area contributed by atoms with Gasteiger partial charge in [-0.1, -0.05) is 22.4 Å². The van der Waals surface area contributed by atoms with E-state index in [0.29, 0.717) is 6.54 Å². The van der Waals surface area contributed by atoms with E-state index in [9.17, 15) is 4.39 Å². The molecule has 19 heavy (non-hydrogen) atoms. The molecule has 1 saturated carbocycles. The van der Waals surface area contributed by atoms with Gasteiger partial charge in [0.25, 0.3) is 0 Å². The summed E-state index contributed by atoms with van der Waals surface area (Å²) in [7, 11) is 0. The average molecular weight is 327 g/mol. The van der Waals surface area contributed by atoms with E-state index in [1.807, 2.05) is 0 Å². The number of fused-ring (bicyclic) bond motifs is 1. The van der Waals surface area contributed by atoms with Gasteiger partial charge in [0.2, 0.25) is 0 Å². The fourth-order valence-corrected chi connectivity index (χ4v) is 4.28. The maximum atomic E-state index is 13.5. The van der Waals surface area contributed by atoms with Crippen LogP contribution >= 0.6 is 15.9 Å². The van der Waals surface area contributed by atoms with Gasteiger partial charge in [-0.2, -0.15) is 0 Å². The SMILES string of the molecule is NCC(c1cc(F)ccc1Br)N1CC2CCCC2C1. The van der Waals surface area contributed by atoms with Gasteiger partial charge in [0.15, 0.2) is 0 Å². The van der Waals surface area contributed by atoms with E-state index in [0.717, 1.165) is 35.0 Å². The predicted molar refractivity (Wildman–Crippen MR) is 78.3 cm³/mol. The predicted octanol–water partition coefficient (Wildman–Crippen LogP) is 3.32. The second-order valence-corrected chi connectivity index (χ2v) is 6.68. The van der Waals surface area contributed by atoms with Crippen LogP contribution in [-0.4, -0.2) is 24.5 Å². The number of hydrogen-bond donors (Lipinski definition) is 1. The molecule has 2 fully saturated rings. The van der Waals surface area contributed by atoms with Crippen molar-refractivity contribution < 1.29 is 4.39 Å². The maximum Gasteiger partial charge on any atom is 0.123 e. The van der Waals surface area contributed by atoms with Crippen LogP contribution in [0.5, 0.6) is 0 Å². The van der Waals surface area contributed by atoms with Gasteiger partial charge in [-0.15, -0.1) is 0 Å². The molecule has 2 aliphatic rings. The van der Waals surface area contributed by atoms with E-state index in [1.165, 1.54) is 25.3 Å². The highest BCUT2D eigenvalue weighted by molar-refractivity contribution is 9.10. The first-order chi connectivity index (χ1) is 9.19. The Labute approximate surface area is 122 Å². The lowest BCUT2D eigenvalue weighted by Gasteiger charge is -2.28. The second kappa shape index (κ2) is 5.51. The van der Waals surface area contributed by atoms with Crippen molar-refractivity contribution in [2.45, 2.75) is 25.3 Å². The van der Waals surface area contributed by atoms with E-state index < -0.39 is 0 Å². The largest absolute Gasteiger partial charge is 0.329 e. The highest BCUT2D eigenvalue weighted by atomic mass is 79.9. The smallest absolute Gasteiger partial charge is 0.123 e. The number of nitrogens with zero attached hydrogens (tertiary/aromatic N) is 1. The Morgan fingerprint density at radius 1 is 1.32 bits per heavy atom. The minimum atomic E-state index is -0.184. The molecule has 1 saturated heterocycles. The van der Waals surface area contributed by atoms with Gasteiger partial charge in [0, 0.05) is 30.1 Å². The standard InChI is InChI=1S/C15H20BrFN2/c16-14-5-4-12(17)6-13(14)15(7-18)19-8-10-2-1-3-11(10)9-19/h4-6,10-11,15H,1-3,7-9,18H2. The molecule has 0 radical (unpaired) electrons. The van der Waals surface area contributed by atoms with Gasteiger partial charge in [0.05, 0.1) is 0 Å². The summed E-state index contributed by atoms with van der Waals surface area (Å²) in [5, 5.41) is 0. The number of hydrogen-bond acceptors (Lipinski definition) is 2. The summed E-state index contributed by atoms with van der Waals surface area (Å²) in [5.41, 5.74) is 6.96. The molecule has 1 aliphatic heterocycles. The van der Waals surface area contributed by atoms with Crippen LogP contribution in [0.4, 0.5) is 4.39 Å². The zero-order valence-corrected chi connectivity index (χ0v) is 12.6. The molecular formula is C15H20BrFN2. The van der Waals surface area contributed by atoms with Crippen LogP contribution in [0.3, 0.4) is 0 Å². The average Bonchev–Trinajstić information content (AvgIpc) is 2.95. The first kappa shape index (κ1) is 13.5. The van der Waals surface area contributed by atoms with Crippen molar-refractivity contribution in [1.29, 1.82) is 0 Å². The lowest BCUT2D eigenvalue weighted by Crippen LogP contribution is -2.33. The van der Waals surface area contributed by atoms with Crippen molar-refractivity contribution in [2.24, 2.45) is 17.6 Å². The number of benzene rings is 1. The lowest BCUT2D eigenvalue weighted by molar-refractivity contribution is 0.231. The Bertz CT molecular complexity index is 453. The van der Waals surface area contributed by atoms with E-state index in [2.05, 4.69) is 20.8 Å². The minimum absolute atomic E-state index is 0.135. The summed E-state index contributed by atoms with van der Waals surface area (Å²) in [6.45, 7) is 2.78. The van der Waals surface area contributed by atoms with E-state index >= 15 is 0 Å². The molecule has 2 N–H and O–H groups in total. The van der Waals surface area contributed by atoms with Gasteiger partial charge in [0.1, 0.15) is 5.82 Å². The Morgan fingerprint density at radius 3 is 2.63 bits per heavy atom. The van der Waals surface area contributed by atoms with Crippen LogP contribution in [0, 0.1) is 17.7 Å². The number of nitrogens with two attached hydrogens (primary N) is 1. The molecule has 3 atom stereocenters. The summed E-state index contributed by atoms with van der Waals surface area (Å²) < 4.78 is 14.4. The third kappa shape index (κ3) is 2.58. The molecule has 0 aromatic heterocycles. The maximum absolute atomic E-state index is 13.5. The van der Waals surface area contributed by atoms with Crippen LogP contribution in [0.15, 0.2) is 22.7 Å². The van der Waals surface area contributed by atoms with E-state index in [4.69, 9.17) is 5.73 Å². The Kier molecular flexibility index (Phi) is 3.92. The molecule has 3 unspecified atom stereocenters. The van der Waals surface area contributed by atoms with Crippen molar-refractivity contribution >= 4 is 15.9 Å². The highest BCUT2D eigenvalue weighted by Gasteiger charge is 2.39. The first-order valence-electron chi connectivity index (χ1n) is 7.08. The van der Waals surface area contributed by atoms with Crippen molar-refractivity contribution in [1.82, 2.24) is 4.90 Å². The van der Waals surface area contributed by atoms with Crippen LogP contribution in [0.1, 0.15) is 30.9 Å². The van der Waals surface area contributed by atoms with Crippen molar-refractivity contribution in [3.8, 4) is 0 Å². The molecule has 0 amide bonds. The molecule has 4 heteroatoms. The summed E-state index contributed by atoms with van der Waals surface area (Å²) in [6, 6.07) is 5.02. The van der Waals surface area contributed by atoms with Gasteiger partial charge in [-0.3, -0.25) is 4.90 Å². The van der Waals surface area contributed by atoms with E-state index in [-0.39, 0.29) is 11.9 Å². The molecule has 3 rings (SSSR count). The van der Waals surface area contributed by atoms with Gasteiger partial charge in [-0.25, -0.2) is 4.39 Å². The van der Waals surface area contributed by atoms with Gasteiger partial charge >= 0.3 is 0 Å². The molecular weight excluding hydrogens is 307 g/mol. The fraction of sp³-hybridized carbons (Fsp3) is 0.600. The zero-order chi connectivity index (χ0) is 13.4. The molecule has 1 aromatic rings. The summed E-state index contributed by atoms with van der Waals surface area (Å²) in [5.74, 6) is 1.49. The number of halogens is 2. The quantitative estimate of drug-likeness (QED) is 0.923. The normalized spacial score (nSPS) is 28.6. The first-order valence-corrected chi connectivity index (χ1v) is 7.87. The van der Waals surface area contributed by atoms with Crippen molar-refractivity contribution in [3.63, 3.8) is 0 Å². The molecule has 0 bridgehead atoms.